The van der Waals surface area contributed by atoms with Crippen LogP contribution in [0.25, 0.3) is 0 Å². The molecule has 11 heteroatoms. The molecule has 0 atom stereocenters. The molecular weight excluding hydrogens is 422 g/mol. The third kappa shape index (κ3) is 6.61. The molecule has 2 heterocycles. The van der Waals surface area contributed by atoms with Gasteiger partial charge in [0, 0.05) is 37.8 Å². The first-order valence-electron chi connectivity index (χ1n) is 10.1. The van der Waals surface area contributed by atoms with Gasteiger partial charge in [-0.2, -0.15) is 4.98 Å². The van der Waals surface area contributed by atoms with Crippen molar-refractivity contribution in [1.29, 1.82) is 0 Å². The summed E-state index contributed by atoms with van der Waals surface area (Å²) in [6, 6.07) is 7.73. The standard InChI is InChI=1S/C20H27N5O5S/c1-3-19(26)24-16-4-6-17(7-5-16)31(27,28)21-8-11-30-20-14-18(22-15(2)23-20)25-9-12-29-13-10-25/h4-7,14,21H,3,8-13H2,1-2H3,(H,24,26). The minimum atomic E-state index is -3.70. The van der Waals surface area contributed by atoms with Crippen molar-refractivity contribution in [2.75, 3.05) is 49.7 Å². The Kier molecular flexibility index (Phi) is 7.77. The SMILES string of the molecule is CCC(=O)Nc1ccc(S(=O)(=O)NCCOc2cc(N3CCOCC3)nc(C)n2)cc1. The molecule has 10 nitrogen and oxygen atoms in total. The number of carbonyl (C=O) groups is 1. The zero-order chi connectivity index (χ0) is 22.3. The fourth-order valence-corrected chi connectivity index (χ4v) is 3.95. The molecule has 0 unspecified atom stereocenters. The number of aryl methyl sites for hydroxylation is 1. The number of anilines is 2. The molecule has 1 saturated heterocycles. The topological polar surface area (TPSA) is 123 Å². The van der Waals surface area contributed by atoms with E-state index < -0.39 is 10.0 Å². The lowest BCUT2D eigenvalue weighted by Gasteiger charge is -2.28. The monoisotopic (exact) mass is 449 g/mol. The van der Waals surface area contributed by atoms with E-state index in [4.69, 9.17) is 9.47 Å². The summed E-state index contributed by atoms with van der Waals surface area (Å²) in [5, 5.41) is 2.68. The predicted octanol–water partition coefficient (Wildman–Crippen LogP) is 1.33. The third-order valence-electron chi connectivity index (χ3n) is 4.55. The van der Waals surface area contributed by atoms with Gasteiger partial charge in [0.25, 0.3) is 0 Å². The summed E-state index contributed by atoms with van der Waals surface area (Å²) < 4.78 is 38.4. The minimum absolute atomic E-state index is 0.0760. The Balaban J connectivity index is 1.52. The van der Waals surface area contributed by atoms with Crippen LogP contribution >= 0.6 is 0 Å². The molecule has 2 N–H and O–H groups in total. The van der Waals surface area contributed by atoms with Gasteiger partial charge in [-0.1, -0.05) is 6.92 Å². The highest BCUT2D eigenvalue weighted by Crippen LogP contribution is 2.19. The number of amides is 1. The van der Waals surface area contributed by atoms with Gasteiger partial charge < -0.3 is 19.7 Å². The normalized spacial score (nSPS) is 14.3. The van der Waals surface area contributed by atoms with Crippen LogP contribution in [0.1, 0.15) is 19.2 Å². The molecule has 1 aliphatic heterocycles. The van der Waals surface area contributed by atoms with E-state index in [0.717, 1.165) is 18.9 Å². The highest BCUT2D eigenvalue weighted by Gasteiger charge is 2.16. The zero-order valence-electron chi connectivity index (χ0n) is 17.6. The van der Waals surface area contributed by atoms with E-state index >= 15 is 0 Å². The summed E-state index contributed by atoms with van der Waals surface area (Å²) >= 11 is 0. The summed E-state index contributed by atoms with van der Waals surface area (Å²) in [4.78, 5) is 22.3. The van der Waals surface area contributed by atoms with E-state index in [-0.39, 0.29) is 24.0 Å². The van der Waals surface area contributed by atoms with E-state index in [0.29, 0.717) is 37.0 Å². The van der Waals surface area contributed by atoms with Gasteiger partial charge in [0.1, 0.15) is 18.2 Å². The Labute approximate surface area is 182 Å². The summed E-state index contributed by atoms with van der Waals surface area (Å²) in [5.74, 6) is 1.60. The Morgan fingerprint density at radius 1 is 1.19 bits per heavy atom. The number of carbonyl (C=O) groups excluding carboxylic acids is 1. The van der Waals surface area contributed by atoms with Crippen LogP contribution in [-0.2, 0) is 19.6 Å². The molecule has 1 aliphatic rings. The van der Waals surface area contributed by atoms with Crippen molar-refractivity contribution >= 4 is 27.4 Å². The van der Waals surface area contributed by atoms with Gasteiger partial charge in [-0.05, 0) is 31.2 Å². The van der Waals surface area contributed by atoms with Gasteiger partial charge in [0.2, 0.25) is 21.8 Å². The molecule has 168 valence electrons. The van der Waals surface area contributed by atoms with Crippen molar-refractivity contribution in [3.63, 3.8) is 0 Å². The fourth-order valence-electron chi connectivity index (χ4n) is 2.94. The van der Waals surface area contributed by atoms with Crippen LogP contribution in [0.5, 0.6) is 5.88 Å². The summed E-state index contributed by atoms with van der Waals surface area (Å²) in [6.07, 6.45) is 0.349. The van der Waals surface area contributed by atoms with E-state index in [1.165, 1.54) is 12.1 Å². The quantitative estimate of drug-likeness (QED) is 0.550. The smallest absolute Gasteiger partial charge is 0.240 e. The maximum absolute atomic E-state index is 12.4. The maximum Gasteiger partial charge on any atom is 0.240 e. The van der Waals surface area contributed by atoms with Crippen molar-refractivity contribution in [3.05, 3.63) is 36.2 Å². The second-order valence-corrected chi connectivity index (χ2v) is 8.65. The van der Waals surface area contributed by atoms with Gasteiger partial charge in [0.15, 0.2) is 0 Å². The molecule has 0 radical (unpaired) electrons. The molecule has 0 spiro atoms. The van der Waals surface area contributed by atoms with Crippen LogP contribution in [0, 0.1) is 6.92 Å². The van der Waals surface area contributed by atoms with Gasteiger partial charge in [0.05, 0.1) is 18.1 Å². The number of hydrogen-bond acceptors (Lipinski definition) is 8. The van der Waals surface area contributed by atoms with Crippen molar-refractivity contribution < 1.29 is 22.7 Å². The minimum Gasteiger partial charge on any atom is -0.476 e. The average molecular weight is 450 g/mol. The summed E-state index contributed by atoms with van der Waals surface area (Å²) in [6.45, 7) is 6.50. The second kappa shape index (κ2) is 10.5. The largest absolute Gasteiger partial charge is 0.476 e. The van der Waals surface area contributed by atoms with Crippen molar-refractivity contribution in [3.8, 4) is 5.88 Å². The number of sulfonamides is 1. The van der Waals surface area contributed by atoms with E-state index in [1.807, 2.05) is 0 Å². The van der Waals surface area contributed by atoms with Crippen molar-refractivity contribution in [2.45, 2.75) is 25.2 Å². The van der Waals surface area contributed by atoms with Crippen LogP contribution in [0.3, 0.4) is 0 Å². The average Bonchev–Trinajstić information content (AvgIpc) is 2.77. The molecule has 1 fully saturated rings. The van der Waals surface area contributed by atoms with E-state index in [2.05, 4.69) is 24.9 Å². The van der Waals surface area contributed by atoms with Crippen LogP contribution in [0.15, 0.2) is 35.2 Å². The lowest BCUT2D eigenvalue weighted by molar-refractivity contribution is -0.115. The molecule has 0 bridgehead atoms. The third-order valence-corrected chi connectivity index (χ3v) is 6.03. The number of nitrogens with zero attached hydrogens (tertiary/aromatic N) is 3. The van der Waals surface area contributed by atoms with E-state index in [1.54, 1.807) is 32.0 Å². The fraction of sp³-hybridized carbons (Fsp3) is 0.450. The Morgan fingerprint density at radius 2 is 1.90 bits per heavy atom. The van der Waals surface area contributed by atoms with Crippen molar-refractivity contribution in [1.82, 2.24) is 14.7 Å². The van der Waals surface area contributed by atoms with Crippen molar-refractivity contribution in [2.24, 2.45) is 0 Å². The number of rotatable bonds is 9. The van der Waals surface area contributed by atoms with Crippen LogP contribution in [0.2, 0.25) is 0 Å². The molecule has 2 aromatic rings. The maximum atomic E-state index is 12.4. The zero-order valence-corrected chi connectivity index (χ0v) is 18.4. The summed E-state index contributed by atoms with van der Waals surface area (Å²) in [7, 11) is -3.70. The van der Waals surface area contributed by atoms with Gasteiger partial charge >= 0.3 is 0 Å². The van der Waals surface area contributed by atoms with Gasteiger partial charge in [-0.25, -0.2) is 18.1 Å². The number of aromatic nitrogens is 2. The number of hydrogen-bond donors (Lipinski definition) is 2. The molecule has 0 aliphatic carbocycles. The molecule has 1 aromatic carbocycles. The predicted molar refractivity (Wildman–Crippen MR) is 116 cm³/mol. The first kappa shape index (κ1) is 22.9. The van der Waals surface area contributed by atoms with Crippen LogP contribution < -0.4 is 19.7 Å². The number of morpholine rings is 1. The highest BCUT2D eigenvalue weighted by molar-refractivity contribution is 7.89. The lowest BCUT2D eigenvalue weighted by atomic mass is 10.3. The number of ether oxygens (including phenoxy) is 2. The molecule has 1 amide bonds. The first-order valence-corrected chi connectivity index (χ1v) is 11.6. The van der Waals surface area contributed by atoms with Gasteiger partial charge in [-0.15, -0.1) is 0 Å². The highest BCUT2D eigenvalue weighted by atomic mass is 32.2. The lowest BCUT2D eigenvalue weighted by Crippen LogP contribution is -2.37. The Hall–Kier alpha value is -2.76. The first-order chi connectivity index (χ1) is 14.9. The van der Waals surface area contributed by atoms with Crippen LogP contribution in [0.4, 0.5) is 11.5 Å². The molecule has 0 saturated carbocycles. The van der Waals surface area contributed by atoms with Gasteiger partial charge in [-0.3, -0.25) is 4.79 Å². The number of nitrogens with one attached hydrogen (secondary N) is 2. The summed E-state index contributed by atoms with van der Waals surface area (Å²) in [5.41, 5.74) is 0.546. The molecule has 31 heavy (non-hydrogen) atoms. The van der Waals surface area contributed by atoms with Crippen LogP contribution in [-0.4, -0.2) is 63.7 Å². The number of benzene rings is 1. The van der Waals surface area contributed by atoms with E-state index in [9.17, 15) is 13.2 Å². The second-order valence-electron chi connectivity index (χ2n) is 6.88. The molecule has 1 aromatic heterocycles. The molecular formula is C20H27N5O5S. The molecule has 3 rings (SSSR count). The Bertz CT molecular complexity index is 992. The Morgan fingerprint density at radius 3 is 2.58 bits per heavy atom.